The average molecular weight is 569 g/mol. The highest BCUT2D eigenvalue weighted by Gasteiger charge is 2.50. The molecule has 0 amide bonds. The predicted molar refractivity (Wildman–Crippen MR) is 148 cm³/mol. The normalized spacial score (nSPS) is 23.0. The van der Waals surface area contributed by atoms with Crippen LogP contribution in [0.2, 0.25) is 10.0 Å². The molecule has 3 atom stereocenters. The van der Waals surface area contributed by atoms with E-state index in [0.717, 1.165) is 47.2 Å². The number of hydrogen-bond acceptors (Lipinski definition) is 6. The van der Waals surface area contributed by atoms with Crippen LogP contribution < -0.4 is 9.62 Å². The van der Waals surface area contributed by atoms with Crippen molar-refractivity contribution >= 4 is 57.3 Å². The minimum absolute atomic E-state index is 0.0251. The van der Waals surface area contributed by atoms with E-state index in [9.17, 15) is 4.21 Å². The smallest absolute Gasteiger partial charge is 0.154 e. The van der Waals surface area contributed by atoms with E-state index in [1.165, 1.54) is 11.8 Å². The SMILES string of the molecule is C[C@@H]1OCC2(CCN(c3ncc(Sc4cccc(Cl)c4Cl)n4cncc34)CC2)[C@@H]1NS(=O)C(C)(C)C. The first-order chi connectivity index (χ1) is 17.1. The van der Waals surface area contributed by atoms with Gasteiger partial charge in [-0.3, -0.25) is 4.40 Å². The lowest BCUT2D eigenvalue weighted by Gasteiger charge is -2.43. The quantitative estimate of drug-likeness (QED) is 0.431. The van der Waals surface area contributed by atoms with Crippen LogP contribution in [-0.2, 0) is 15.7 Å². The molecular weight excluding hydrogens is 537 g/mol. The zero-order valence-corrected chi connectivity index (χ0v) is 24.0. The zero-order chi connectivity index (χ0) is 25.7. The molecule has 1 aromatic carbocycles. The average Bonchev–Trinajstić information content (AvgIpc) is 3.44. The standard InChI is InChI=1S/C25H31Cl2N5O2S2/c1-16-22(30-36(33)24(2,3)4)25(14-34-16)8-10-31(11-9-25)23-18-12-28-15-32(18)20(13-29-23)35-19-7-5-6-17(26)21(19)27/h5-7,12-13,15-16,22,30H,8-11,14H2,1-4H3/t16-,22+,36?/m0/s1. The van der Waals surface area contributed by atoms with Crippen molar-refractivity contribution in [1.29, 1.82) is 0 Å². The van der Waals surface area contributed by atoms with Crippen LogP contribution in [-0.4, -0.2) is 55.2 Å². The number of hydrogen-bond donors (Lipinski definition) is 1. The van der Waals surface area contributed by atoms with Gasteiger partial charge in [0.25, 0.3) is 0 Å². The Morgan fingerprint density at radius 2 is 1.97 bits per heavy atom. The van der Waals surface area contributed by atoms with Crippen LogP contribution in [0, 0.1) is 5.41 Å². The van der Waals surface area contributed by atoms with Crippen molar-refractivity contribution in [2.75, 3.05) is 24.6 Å². The highest BCUT2D eigenvalue weighted by Crippen LogP contribution is 2.44. The summed E-state index contributed by atoms with van der Waals surface area (Å²) in [7, 11) is -1.14. The molecule has 0 radical (unpaired) electrons. The number of imidazole rings is 1. The summed E-state index contributed by atoms with van der Waals surface area (Å²) >= 11 is 14.1. The number of benzene rings is 1. The second kappa shape index (κ2) is 10.1. The van der Waals surface area contributed by atoms with Gasteiger partial charge < -0.3 is 9.64 Å². The van der Waals surface area contributed by atoms with Crippen molar-refractivity contribution in [2.24, 2.45) is 5.41 Å². The van der Waals surface area contributed by atoms with Gasteiger partial charge in [-0.1, -0.05) is 41.0 Å². The fourth-order valence-corrected chi connectivity index (χ4v) is 7.41. The molecule has 2 aliphatic heterocycles. The number of nitrogens with zero attached hydrogens (tertiary/aromatic N) is 4. The summed E-state index contributed by atoms with van der Waals surface area (Å²) in [4.78, 5) is 12.5. The van der Waals surface area contributed by atoms with Crippen LogP contribution in [0.5, 0.6) is 0 Å². The van der Waals surface area contributed by atoms with Gasteiger partial charge in [-0.15, -0.1) is 0 Å². The van der Waals surface area contributed by atoms with E-state index in [0.29, 0.717) is 16.7 Å². The molecule has 0 bridgehead atoms. The third kappa shape index (κ3) is 4.90. The van der Waals surface area contributed by atoms with Crippen LogP contribution in [0.4, 0.5) is 5.82 Å². The second-order valence-electron chi connectivity index (χ2n) is 10.6. The van der Waals surface area contributed by atoms with E-state index in [-0.39, 0.29) is 22.3 Å². The molecule has 5 rings (SSSR count). The topological polar surface area (TPSA) is 71.8 Å². The van der Waals surface area contributed by atoms with E-state index in [1.54, 1.807) is 12.4 Å². The molecule has 4 heterocycles. The molecule has 7 nitrogen and oxygen atoms in total. The Morgan fingerprint density at radius 3 is 2.69 bits per heavy atom. The van der Waals surface area contributed by atoms with Crippen molar-refractivity contribution in [3.63, 3.8) is 0 Å². The molecule has 11 heteroatoms. The number of halogens is 2. The van der Waals surface area contributed by atoms with Gasteiger partial charge in [-0.2, -0.15) is 0 Å². The van der Waals surface area contributed by atoms with Crippen LogP contribution in [0.3, 0.4) is 0 Å². The molecule has 2 aromatic heterocycles. The summed E-state index contributed by atoms with van der Waals surface area (Å²) in [6.07, 6.45) is 7.43. The Kier molecular flexibility index (Phi) is 7.35. The lowest BCUT2D eigenvalue weighted by atomic mass is 9.73. The third-order valence-corrected chi connectivity index (χ3v) is 10.7. The molecule has 1 N–H and O–H groups in total. The first kappa shape index (κ1) is 26.3. The zero-order valence-electron chi connectivity index (χ0n) is 20.8. The molecule has 1 spiro atoms. The molecule has 0 aliphatic carbocycles. The number of anilines is 1. The van der Waals surface area contributed by atoms with E-state index < -0.39 is 11.0 Å². The summed E-state index contributed by atoms with van der Waals surface area (Å²) in [6, 6.07) is 5.67. The van der Waals surface area contributed by atoms with Crippen molar-refractivity contribution in [2.45, 2.75) is 67.4 Å². The van der Waals surface area contributed by atoms with Gasteiger partial charge in [-0.05, 0) is 52.7 Å². The molecule has 1 unspecified atom stereocenters. The molecular formula is C25H31Cl2N5O2S2. The van der Waals surface area contributed by atoms with Gasteiger partial charge in [-0.25, -0.2) is 18.9 Å². The molecule has 194 valence electrons. The Bertz CT molecular complexity index is 1290. The van der Waals surface area contributed by atoms with E-state index in [1.807, 2.05) is 49.7 Å². The predicted octanol–water partition coefficient (Wildman–Crippen LogP) is 5.61. The van der Waals surface area contributed by atoms with Gasteiger partial charge in [0.15, 0.2) is 5.82 Å². The molecule has 3 aromatic rings. The van der Waals surface area contributed by atoms with Crippen LogP contribution >= 0.6 is 35.0 Å². The number of rotatable bonds is 5. The summed E-state index contributed by atoms with van der Waals surface area (Å²) < 4.78 is 24.1. The van der Waals surface area contributed by atoms with Crippen LogP contribution in [0.1, 0.15) is 40.5 Å². The molecule has 0 saturated carbocycles. The van der Waals surface area contributed by atoms with E-state index >= 15 is 0 Å². The molecule has 2 fully saturated rings. The van der Waals surface area contributed by atoms with Gasteiger partial charge in [0, 0.05) is 23.4 Å². The molecule has 2 aliphatic rings. The van der Waals surface area contributed by atoms with E-state index in [4.69, 9.17) is 32.9 Å². The highest BCUT2D eigenvalue weighted by atomic mass is 35.5. The van der Waals surface area contributed by atoms with Crippen LogP contribution in [0.15, 0.2) is 46.8 Å². The van der Waals surface area contributed by atoms with Gasteiger partial charge in [0.1, 0.15) is 16.9 Å². The maximum absolute atomic E-state index is 12.9. The van der Waals surface area contributed by atoms with Gasteiger partial charge in [0.05, 0.1) is 56.9 Å². The minimum atomic E-state index is -1.14. The number of aromatic nitrogens is 3. The lowest BCUT2D eigenvalue weighted by Crippen LogP contribution is -2.55. The second-order valence-corrected chi connectivity index (χ2v) is 14.4. The van der Waals surface area contributed by atoms with Crippen molar-refractivity contribution in [3.8, 4) is 0 Å². The van der Waals surface area contributed by atoms with Crippen molar-refractivity contribution < 1.29 is 8.95 Å². The lowest BCUT2D eigenvalue weighted by molar-refractivity contribution is 0.0973. The summed E-state index contributed by atoms with van der Waals surface area (Å²) in [5.41, 5.74) is 0.917. The fourth-order valence-electron chi connectivity index (χ4n) is 4.99. The van der Waals surface area contributed by atoms with Crippen molar-refractivity contribution in [3.05, 3.63) is 47.0 Å². The Balaban J connectivity index is 1.35. The fraction of sp³-hybridized carbons (Fsp3) is 0.520. The number of nitrogens with one attached hydrogen (secondary N) is 1. The minimum Gasteiger partial charge on any atom is -0.376 e. The Morgan fingerprint density at radius 1 is 1.22 bits per heavy atom. The summed E-state index contributed by atoms with van der Waals surface area (Å²) in [6.45, 7) is 10.4. The van der Waals surface area contributed by atoms with Crippen LogP contribution in [0.25, 0.3) is 5.52 Å². The maximum Gasteiger partial charge on any atom is 0.154 e. The Labute approximate surface area is 228 Å². The number of piperidine rings is 1. The van der Waals surface area contributed by atoms with Gasteiger partial charge in [0.2, 0.25) is 0 Å². The largest absolute Gasteiger partial charge is 0.376 e. The van der Waals surface area contributed by atoms with E-state index in [2.05, 4.69) is 21.5 Å². The summed E-state index contributed by atoms with van der Waals surface area (Å²) in [5.74, 6) is 0.915. The number of ether oxygens (including phenoxy) is 1. The maximum atomic E-state index is 12.9. The molecule has 36 heavy (non-hydrogen) atoms. The monoisotopic (exact) mass is 567 g/mol. The summed E-state index contributed by atoms with van der Waals surface area (Å²) in [5, 5.41) is 1.97. The first-order valence-corrected chi connectivity index (χ1v) is 14.8. The number of fused-ring (bicyclic) bond motifs is 1. The third-order valence-electron chi connectivity index (χ3n) is 7.14. The van der Waals surface area contributed by atoms with Crippen molar-refractivity contribution in [1.82, 2.24) is 19.1 Å². The first-order valence-electron chi connectivity index (χ1n) is 12.1. The Hall–Kier alpha value is -1.36. The highest BCUT2D eigenvalue weighted by molar-refractivity contribution is 7.99. The molecule has 2 saturated heterocycles. The van der Waals surface area contributed by atoms with Gasteiger partial charge >= 0.3 is 0 Å².